The third-order valence-electron chi connectivity index (χ3n) is 1.96. The number of ether oxygens (including phenoxy) is 1. The van der Waals surface area contributed by atoms with Crippen LogP contribution >= 0.6 is 0 Å². The zero-order valence-electron chi connectivity index (χ0n) is 8.61. The first-order valence-corrected chi connectivity index (χ1v) is 4.67. The van der Waals surface area contributed by atoms with Gasteiger partial charge in [0.15, 0.2) is 17.7 Å². The van der Waals surface area contributed by atoms with Gasteiger partial charge in [0, 0.05) is 0 Å². The van der Waals surface area contributed by atoms with Crippen LogP contribution in [0.5, 0.6) is 5.75 Å². The van der Waals surface area contributed by atoms with Crippen LogP contribution in [0.4, 0.5) is 4.39 Å². The predicted molar refractivity (Wildman–Crippen MR) is 53.7 cm³/mol. The quantitative estimate of drug-likeness (QED) is 0.849. The van der Waals surface area contributed by atoms with Crippen molar-refractivity contribution in [3.8, 4) is 11.8 Å². The van der Waals surface area contributed by atoms with Gasteiger partial charge in [0.1, 0.15) is 6.07 Å². The number of carbonyl (C=O) groups is 1. The average molecular weight is 223 g/mol. The van der Waals surface area contributed by atoms with Crippen molar-refractivity contribution in [2.45, 2.75) is 19.4 Å². The molecule has 1 aromatic rings. The Morgan fingerprint density at radius 1 is 1.69 bits per heavy atom. The largest absolute Gasteiger partial charge is 0.478 e. The fourth-order valence-corrected chi connectivity index (χ4v) is 1.08. The summed E-state index contributed by atoms with van der Waals surface area (Å²) in [5.41, 5.74) is -0.158. The van der Waals surface area contributed by atoms with E-state index in [9.17, 15) is 9.18 Å². The van der Waals surface area contributed by atoms with Crippen LogP contribution in [0.3, 0.4) is 0 Å². The van der Waals surface area contributed by atoms with E-state index in [0.717, 1.165) is 6.07 Å². The van der Waals surface area contributed by atoms with E-state index < -0.39 is 17.9 Å². The summed E-state index contributed by atoms with van der Waals surface area (Å²) in [6.07, 6.45) is -0.304. The molecule has 0 radical (unpaired) electrons. The van der Waals surface area contributed by atoms with Crippen LogP contribution in [0.25, 0.3) is 0 Å². The zero-order valence-corrected chi connectivity index (χ0v) is 8.61. The molecule has 0 bridgehead atoms. The minimum Gasteiger partial charge on any atom is -0.478 e. The van der Waals surface area contributed by atoms with Crippen molar-refractivity contribution in [2.75, 3.05) is 0 Å². The fourth-order valence-electron chi connectivity index (χ4n) is 1.08. The number of nitrogens with zero attached hydrogens (tertiary/aromatic N) is 1. The molecule has 0 spiro atoms. The van der Waals surface area contributed by atoms with E-state index in [2.05, 4.69) is 0 Å². The number of rotatable bonds is 4. The second-order valence-corrected chi connectivity index (χ2v) is 3.09. The Hall–Kier alpha value is -2.09. The second-order valence-electron chi connectivity index (χ2n) is 3.09. The summed E-state index contributed by atoms with van der Waals surface area (Å²) in [6.45, 7) is 1.73. The molecule has 0 aliphatic heterocycles. The molecule has 1 aromatic carbocycles. The number of benzene rings is 1. The average Bonchev–Trinajstić information content (AvgIpc) is 2.27. The van der Waals surface area contributed by atoms with Crippen molar-refractivity contribution in [2.24, 2.45) is 0 Å². The lowest BCUT2D eigenvalue weighted by Gasteiger charge is -2.10. The van der Waals surface area contributed by atoms with Crippen LogP contribution in [0, 0.1) is 17.1 Å². The van der Waals surface area contributed by atoms with E-state index in [0.29, 0.717) is 6.42 Å². The van der Waals surface area contributed by atoms with E-state index in [-0.39, 0.29) is 11.3 Å². The Bertz CT molecular complexity index is 439. The highest BCUT2D eigenvalue weighted by atomic mass is 19.1. The topological polar surface area (TPSA) is 70.3 Å². The van der Waals surface area contributed by atoms with E-state index in [1.807, 2.05) is 6.07 Å². The highest BCUT2D eigenvalue weighted by molar-refractivity contribution is 5.87. The Labute approximate surface area is 91.9 Å². The highest BCUT2D eigenvalue weighted by Gasteiger charge is 2.12. The summed E-state index contributed by atoms with van der Waals surface area (Å²) in [5.74, 6) is -2.11. The first-order valence-electron chi connectivity index (χ1n) is 4.67. The van der Waals surface area contributed by atoms with Gasteiger partial charge in [-0.1, -0.05) is 6.92 Å². The number of hydrogen-bond donors (Lipinski definition) is 1. The van der Waals surface area contributed by atoms with Gasteiger partial charge in [0.05, 0.1) is 5.56 Å². The van der Waals surface area contributed by atoms with Gasteiger partial charge < -0.3 is 9.84 Å². The summed E-state index contributed by atoms with van der Waals surface area (Å²) in [4.78, 5) is 10.5. The molecule has 0 saturated heterocycles. The minimum absolute atomic E-state index is 0.113. The van der Waals surface area contributed by atoms with Gasteiger partial charge >= 0.3 is 5.97 Å². The fraction of sp³-hybridized carbons (Fsp3) is 0.273. The number of aromatic carboxylic acids is 1. The molecule has 0 heterocycles. The van der Waals surface area contributed by atoms with Crippen LogP contribution in [0.15, 0.2) is 18.2 Å². The molecule has 4 nitrogen and oxygen atoms in total. The SMILES string of the molecule is CCC(C#N)Oc1ccc(C(=O)O)cc1F. The molecule has 1 N–H and O–H groups in total. The maximum absolute atomic E-state index is 13.3. The molecule has 1 unspecified atom stereocenters. The van der Waals surface area contributed by atoms with E-state index >= 15 is 0 Å². The monoisotopic (exact) mass is 223 g/mol. The summed E-state index contributed by atoms with van der Waals surface area (Å²) in [5, 5.41) is 17.2. The summed E-state index contributed by atoms with van der Waals surface area (Å²) >= 11 is 0. The molecule has 0 amide bonds. The Morgan fingerprint density at radius 3 is 2.81 bits per heavy atom. The van der Waals surface area contributed by atoms with Gasteiger partial charge in [-0.05, 0) is 24.6 Å². The number of hydrogen-bond acceptors (Lipinski definition) is 3. The normalized spacial score (nSPS) is 11.6. The van der Waals surface area contributed by atoms with Crippen molar-refractivity contribution in [1.82, 2.24) is 0 Å². The van der Waals surface area contributed by atoms with Crippen molar-refractivity contribution < 1.29 is 19.0 Å². The van der Waals surface area contributed by atoms with Crippen LogP contribution in [-0.2, 0) is 0 Å². The van der Waals surface area contributed by atoms with Gasteiger partial charge in [-0.25, -0.2) is 9.18 Å². The molecule has 84 valence electrons. The summed E-state index contributed by atoms with van der Waals surface area (Å²) in [6, 6.07) is 5.16. The molecular formula is C11H10FNO3. The van der Waals surface area contributed by atoms with Gasteiger partial charge in [-0.2, -0.15) is 5.26 Å². The Kier molecular flexibility index (Phi) is 3.84. The lowest BCUT2D eigenvalue weighted by atomic mass is 10.2. The smallest absolute Gasteiger partial charge is 0.335 e. The van der Waals surface area contributed by atoms with Crippen molar-refractivity contribution in [1.29, 1.82) is 5.26 Å². The van der Waals surface area contributed by atoms with Crippen LogP contribution in [0.1, 0.15) is 23.7 Å². The van der Waals surface area contributed by atoms with Crippen molar-refractivity contribution in [3.05, 3.63) is 29.6 Å². The number of nitriles is 1. The van der Waals surface area contributed by atoms with Gasteiger partial charge in [0.25, 0.3) is 0 Å². The Morgan fingerprint density at radius 2 is 2.38 bits per heavy atom. The first kappa shape index (κ1) is 12.0. The number of carboxylic acids is 1. The Balaban J connectivity index is 2.92. The predicted octanol–water partition coefficient (Wildman–Crippen LogP) is 2.20. The maximum atomic E-state index is 13.3. The molecule has 0 aromatic heterocycles. The van der Waals surface area contributed by atoms with Crippen LogP contribution in [-0.4, -0.2) is 17.2 Å². The van der Waals surface area contributed by atoms with E-state index in [1.165, 1.54) is 12.1 Å². The van der Waals surface area contributed by atoms with Gasteiger partial charge in [-0.15, -0.1) is 0 Å². The number of carboxylic acid groups (broad SMARTS) is 1. The van der Waals surface area contributed by atoms with Crippen molar-refractivity contribution >= 4 is 5.97 Å². The van der Waals surface area contributed by atoms with E-state index in [1.54, 1.807) is 6.92 Å². The molecule has 0 fully saturated rings. The molecule has 0 aliphatic rings. The molecule has 0 aliphatic carbocycles. The maximum Gasteiger partial charge on any atom is 0.335 e. The van der Waals surface area contributed by atoms with Crippen molar-refractivity contribution in [3.63, 3.8) is 0 Å². The zero-order chi connectivity index (χ0) is 12.1. The molecular weight excluding hydrogens is 213 g/mol. The lowest BCUT2D eigenvalue weighted by molar-refractivity contribution is 0.0696. The van der Waals surface area contributed by atoms with Crippen LogP contribution < -0.4 is 4.74 Å². The second kappa shape index (κ2) is 5.12. The minimum atomic E-state index is -1.21. The standard InChI is InChI=1S/C11H10FNO3/c1-2-8(6-13)16-10-4-3-7(11(14)15)5-9(10)12/h3-5,8H,2H2,1H3,(H,14,15). The van der Waals surface area contributed by atoms with E-state index in [4.69, 9.17) is 15.1 Å². The summed E-state index contributed by atoms with van der Waals surface area (Å²) in [7, 11) is 0. The lowest BCUT2D eigenvalue weighted by Crippen LogP contribution is -2.13. The number of halogens is 1. The van der Waals surface area contributed by atoms with Gasteiger partial charge in [-0.3, -0.25) is 0 Å². The molecule has 5 heteroatoms. The third-order valence-corrected chi connectivity index (χ3v) is 1.96. The molecule has 1 rings (SSSR count). The highest BCUT2D eigenvalue weighted by Crippen LogP contribution is 2.20. The molecule has 1 atom stereocenters. The van der Waals surface area contributed by atoms with Gasteiger partial charge in [0.2, 0.25) is 0 Å². The molecule has 0 saturated carbocycles. The molecule has 16 heavy (non-hydrogen) atoms. The first-order chi connectivity index (χ1) is 7.58. The summed E-state index contributed by atoms with van der Waals surface area (Å²) < 4.78 is 18.4. The van der Waals surface area contributed by atoms with Crippen LogP contribution in [0.2, 0.25) is 0 Å². The third kappa shape index (κ3) is 2.70.